The average molecular weight is 311 g/mol. The summed E-state index contributed by atoms with van der Waals surface area (Å²) < 4.78 is 0. The molecule has 112 valence electrons. The fourth-order valence-corrected chi connectivity index (χ4v) is 2.11. The number of anilines is 2. The smallest absolute Gasteiger partial charge is 0.324 e. The molecule has 0 radical (unpaired) electrons. The van der Waals surface area contributed by atoms with Crippen LogP contribution >= 0.6 is 11.6 Å². The second-order valence-electron chi connectivity index (χ2n) is 4.50. The highest BCUT2D eigenvalue weighted by Crippen LogP contribution is 2.25. The van der Waals surface area contributed by atoms with E-state index in [0.29, 0.717) is 29.5 Å². The quantitative estimate of drug-likeness (QED) is 0.781. The molecular formula is C13H15ClN4O3. The number of amides is 4. The number of rotatable bonds is 4. The van der Waals surface area contributed by atoms with Crippen molar-refractivity contribution in [2.75, 3.05) is 30.3 Å². The molecule has 21 heavy (non-hydrogen) atoms. The molecule has 3 N–H and O–H groups in total. The third-order valence-corrected chi connectivity index (χ3v) is 3.12. The maximum atomic E-state index is 11.9. The Bertz CT molecular complexity index is 591. The molecule has 0 saturated carbocycles. The van der Waals surface area contributed by atoms with Crippen LogP contribution in [0.15, 0.2) is 18.2 Å². The number of carbonyl (C=O) groups excluding carboxylic acids is 3. The molecule has 1 aromatic rings. The molecule has 0 aromatic heterocycles. The van der Waals surface area contributed by atoms with Gasteiger partial charge in [-0.2, -0.15) is 0 Å². The van der Waals surface area contributed by atoms with Gasteiger partial charge in [-0.25, -0.2) is 4.79 Å². The number of hydrogen-bond donors (Lipinski definition) is 3. The van der Waals surface area contributed by atoms with Gasteiger partial charge in [0.1, 0.15) is 0 Å². The van der Waals surface area contributed by atoms with Gasteiger partial charge in [0.15, 0.2) is 0 Å². The third-order valence-electron chi connectivity index (χ3n) is 2.88. The lowest BCUT2D eigenvalue weighted by Gasteiger charge is -2.15. The molecule has 7 nitrogen and oxygen atoms in total. The number of hydrogen-bond acceptors (Lipinski definition) is 4. The summed E-state index contributed by atoms with van der Waals surface area (Å²) in [5.74, 6) is -0.579. The first-order chi connectivity index (χ1) is 9.97. The van der Waals surface area contributed by atoms with Crippen molar-refractivity contribution in [2.24, 2.45) is 0 Å². The van der Waals surface area contributed by atoms with Crippen molar-refractivity contribution in [2.45, 2.75) is 6.92 Å². The first kappa shape index (κ1) is 15.1. The molecule has 0 bridgehead atoms. The van der Waals surface area contributed by atoms with Crippen LogP contribution in [0.2, 0.25) is 5.02 Å². The van der Waals surface area contributed by atoms with Crippen LogP contribution in [0.3, 0.4) is 0 Å². The Hall–Kier alpha value is -2.28. The number of imide groups is 1. The maximum absolute atomic E-state index is 11.9. The van der Waals surface area contributed by atoms with Gasteiger partial charge in [0.2, 0.25) is 11.8 Å². The van der Waals surface area contributed by atoms with Gasteiger partial charge in [-0.15, -0.1) is 0 Å². The number of benzene rings is 1. The minimum Gasteiger partial charge on any atom is -0.374 e. The Morgan fingerprint density at radius 3 is 2.76 bits per heavy atom. The summed E-state index contributed by atoms with van der Waals surface area (Å²) in [7, 11) is 0. The van der Waals surface area contributed by atoms with Gasteiger partial charge < -0.3 is 16.0 Å². The van der Waals surface area contributed by atoms with Crippen LogP contribution in [0, 0.1) is 0 Å². The molecule has 2 rings (SSSR count). The third kappa shape index (κ3) is 3.85. The van der Waals surface area contributed by atoms with Gasteiger partial charge in [0, 0.05) is 25.0 Å². The molecule has 8 heteroatoms. The van der Waals surface area contributed by atoms with Gasteiger partial charge in [-0.1, -0.05) is 11.6 Å². The first-order valence-electron chi connectivity index (χ1n) is 6.36. The second-order valence-corrected chi connectivity index (χ2v) is 4.94. The van der Waals surface area contributed by atoms with Crippen molar-refractivity contribution in [1.29, 1.82) is 0 Å². The van der Waals surface area contributed by atoms with E-state index in [9.17, 15) is 14.4 Å². The van der Waals surface area contributed by atoms with Crippen LogP contribution < -0.4 is 16.0 Å². The van der Waals surface area contributed by atoms with Crippen molar-refractivity contribution in [3.63, 3.8) is 0 Å². The van der Waals surface area contributed by atoms with E-state index in [4.69, 9.17) is 11.6 Å². The van der Waals surface area contributed by atoms with Gasteiger partial charge in [-0.05, 0) is 18.2 Å². The number of halogens is 1. The lowest BCUT2D eigenvalue weighted by atomic mass is 10.2. The Morgan fingerprint density at radius 1 is 1.38 bits per heavy atom. The summed E-state index contributed by atoms with van der Waals surface area (Å²) in [5, 5.41) is 8.55. The van der Waals surface area contributed by atoms with E-state index in [1.54, 1.807) is 18.2 Å². The molecule has 0 aliphatic carbocycles. The summed E-state index contributed by atoms with van der Waals surface area (Å²) in [4.78, 5) is 35.6. The highest BCUT2D eigenvalue weighted by atomic mass is 35.5. The fraction of sp³-hybridized carbons (Fsp3) is 0.308. The normalized spacial score (nSPS) is 13.8. The topological polar surface area (TPSA) is 90.5 Å². The number of carbonyl (C=O) groups is 3. The lowest BCUT2D eigenvalue weighted by molar-refractivity contribution is -0.125. The molecule has 0 unspecified atom stereocenters. The molecule has 1 aromatic carbocycles. The highest BCUT2D eigenvalue weighted by Gasteiger charge is 2.25. The van der Waals surface area contributed by atoms with E-state index in [1.807, 2.05) is 0 Å². The maximum Gasteiger partial charge on any atom is 0.324 e. The van der Waals surface area contributed by atoms with Crippen molar-refractivity contribution < 1.29 is 14.4 Å². The standard InChI is InChI=1S/C13H15ClN4O3/c1-8(19)17-10-3-2-9(14)6-11(10)16-7-12(20)18-5-4-15-13(18)21/h2-3,6,16H,4-5,7H2,1H3,(H,15,21)(H,17,19). The molecule has 1 aliphatic rings. The SMILES string of the molecule is CC(=O)Nc1ccc(Cl)cc1NCC(=O)N1CCNC1=O. The van der Waals surface area contributed by atoms with E-state index < -0.39 is 6.03 Å². The lowest BCUT2D eigenvalue weighted by Crippen LogP contribution is -2.38. The van der Waals surface area contributed by atoms with Crippen LogP contribution in [0.25, 0.3) is 0 Å². The first-order valence-corrected chi connectivity index (χ1v) is 6.74. The summed E-state index contributed by atoms with van der Waals surface area (Å²) in [6.07, 6.45) is 0. The van der Waals surface area contributed by atoms with Gasteiger partial charge in [0.05, 0.1) is 17.9 Å². The summed E-state index contributed by atoms with van der Waals surface area (Å²) in [6, 6.07) is 4.48. The minimum absolute atomic E-state index is 0.0691. The number of nitrogens with zero attached hydrogens (tertiary/aromatic N) is 1. The fourth-order valence-electron chi connectivity index (χ4n) is 1.94. The molecule has 1 fully saturated rings. The zero-order chi connectivity index (χ0) is 15.4. The van der Waals surface area contributed by atoms with E-state index >= 15 is 0 Å². The largest absolute Gasteiger partial charge is 0.374 e. The van der Waals surface area contributed by atoms with Crippen LogP contribution in [-0.2, 0) is 9.59 Å². The van der Waals surface area contributed by atoms with Crippen molar-refractivity contribution in [3.8, 4) is 0 Å². The van der Waals surface area contributed by atoms with Gasteiger partial charge in [0.25, 0.3) is 0 Å². The minimum atomic E-state index is -0.394. The van der Waals surface area contributed by atoms with Gasteiger partial charge in [-0.3, -0.25) is 14.5 Å². The van der Waals surface area contributed by atoms with E-state index in [2.05, 4.69) is 16.0 Å². The molecular weight excluding hydrogens is 296 g/mol. The Balaban J connectivity index is 2.04. The number of nitrogens with one attached hydrogen (secondary N) is 3. The van der Waals surface area contributed by atoms with Crippen molar-refractivity contribution in [1.82, 2.24) is 10.2 Å². The molecule has 0 atom stereocenters. The zero-order valence-corrected chi connectivity index (χ0v) is 12.2. The summed E-state index contributed by atoms with van der Waals surface area (Å²) >= 11 is 5.91. The molecule has 1 saturated heterocycles. The average Bonchev–Trinajstić information content (AvgIpc) is 2.84. The van der Waals surface area contributed by atoms with Gasteiger partial charge >= 0.3 is 6.03 Å². The summed E-state index contributed by atoms with van der Waals surface area (Å²) in [5.41, 5.74) is 1.04. The molecule has 4 amide bonds. The van der Waals surface area contributed by atoms with Crippen molar-refractivity contribution >= 4 is 40.8 Å². The molecule has 0 spiro atoms. The molecule has 1 aliphatic heterocycles. The van der Waals surface area contributed by atoms with Crippen LogP contribution in [0.1, 0.15) is 6.92 Å². The Kier molecular flexibility index (Phi) is 4.64. The molecule has 1 heterocycles. The van der Waals surface area contributed by atoms with E-state index in [0.717, 1.165) is 4.90 Å². The number of urea groups is 1. The summed E-state index contributed by atoms with van der Waals surface area (Å²) in [6.45, 7) is 2.13. The van der Waals surface area contributed by atoms with Crippen LogP contribution in [0.5, 0.6) is 0 Å². The van der Waals surface area contributed by atoms with E-state index in [1.165, 1.54) is 6.92 Å². The van der Waals surface area contributed by atoms with Crippen LogP contribution in [-0.4, -0.2) is 42.4 Å². The van der Waals surface area contributed by atoms with E-state index in [-0.39, 0.29) is 18.4 Å². The Morgan fingerprint density at radius 2 is 2.14 bits per heavy atom. The predicted molar refractivity (Wildman–Crippen MR) is 79.4 cm³/mol. The second kappa shape index (κ2) is 6.45. The zero-order valence-electron chi connectivity index (χ0n) is 11.4. The van der Waals surface area contributed by atoms with Crippen LogP contribution in [0.4, 0.5) is 16.2 Å². The Labute approximate surface area is 126 Å². The predicted octanol–water partition coefficient (Wildman–Crippen LogP) is 1.26. The van der Waals surface area contributed by atoms with Crippen molar-refractivity contribution in [3.05, 3.63) is 23.2 Å². The highest BCUT2D eigenvalue weighted by molar-refractivity contribution is 6.31. The monoisotopic (exact) mass is 310 g/mol.